The molecular formula is C12H15FO4. The van der Waals surface area contributed by atoms with E-state index in [9.17, 15) is 14.6 Å². The molecule has 5 heteroatoms. The minimum absolute atomic E-state index is 0.131. The molecule has 2 rings (SSSR count). The van der Waals surface area contributed by atoms with Gasteiger partial charge < -0.3 is 19.7 Å². The van der Waals surface area contributed by atoms with Crippen LogP contribution in [-0.4, -0.2) is 41.7 Å². The van der Waals surface area contributed by atoms with Crippen LogP contribution in [0, 0.1) is 5.82 Å². The summed E-state index contributed by atoms with van der Waals surface area (Å²) in [5.74, 6) is -0.286. The highest BCUT2D eigenvalue weighted by atomic mass is 19.1. The summed E-state index contributed by atoms with van der Waals surface area (Å²) >= 11 is 0. The Morgan fingerprint density at radius 3 is 2.59 bits per heavy atom. The van der Waals surface area contributed by atoms with Crippen LogP contribution in [-0.2, 0) is 16.1 Å². The van der Waals surface area contributed by atoms with Crippen LogP contribution in [0.3, 0.4) is 0 Å². The molecule has 4 nitrogen and oxygen atoms in total. The minimum atomic E-state index is -0.900. The topological polar surface area (TPSA) is 58.9 Å². The van der Waals surface area contributed by atoms with Crippen molar-refractivity contribution in [1.82, 2.24) is 0 Å². The van der Waals surface area contributed by atoms with Gasteiger partial charge in [-0.05, 0) is 17.7 Å². The predicted octanol–water partition coefficient (Wildman–Crippen LogP) is 0.463. The van der Waals surface area contributed by atoms with Crippen molar-refractivity contribution in [2.45, 2.75) is 24.9 Å². The molecular weight excluding hydrogens is 227 g/mol. The van der Waals surface area contributed by atoms with Crippen LogP contribution in [0.4, 0.5) is 4.39 Å². The van der Waals surface area contributed by atoms with E-state index in [1.165, 1.54) is 12.1 Å². The predicted molar refractivity (Wildman–Crippen MR) is 57.8 cm³/mol. The maximum absolute atomic E-state index is 12.6. The van der Waals surface area contributed by atoms with Crippen LogP contribution < -0.4 is 0 Å². The molecule has 3 unspecified atom stereocenters. The zero-order chi connectivity index (χ0) is 12.3. The number of benzene rings is 1. The Kier molecular flexibility index (Phi) is 4.06. The number of hydrogen-bond donors (Lipinski definition) is 2. The summed E-state index contributed by atoms with van der Waals surface area (Å²) in [6.45, 7) is 0.657. The van der Waals surface area contributed by atoms with Crippen LogP contribution in [0.2, 0.25) is 0 Å². The van der Waals surface area contributed by atoms with E-state index in [4.69, 9.17) is 9.47 Å². The third kappa shape index (κ3) is 3.23. The van der Waals surface area contributed by atoms with Crippen LogP contribution in [0.25, 0.3) is 0 Å². The Morgan fingerprint density at radius 1 is 1.29 bits per heavy atom. The molecule has 0 amide bonds. The first-order valence-corrected chi connectivity index (χ1v) is 5.47. The van der Waals surface area contributed by atoms with Gasteiger partial charge in [0, 0.05) is 0 Å². The van der Waals surface area contributed by atoms with Gasteiger partial charge in [0.2, 0.25) is 0 Å². The molecule has 3 atom stereocenters. The van der Waals surface area contributed by atoms with E-state index in [1.54, 1.807) is 12.1 Å². The van der Waals surface area contributed by atoms with Crippen molar-refractivity contribution < 1.29 is 24.1 Å². The number of halogens is 1. The van der Waals surface area contributed by atoms with Crippen molar-refractivity contribution in [1.29, 1.82) is 0 Å². The van der Waals surface area contributed by atoms with E-state index >= 15 is 0 Å². The Morgan fingerprint density at radius 2 is 2.00 bits per heavy atom. The van der Waals surface area contributed by atoms with Crippen molar-refractivity contribution in [3.8, 4) is 0 Å². The summed E-state index contributed by atoms with van der Waals surface area (Å²) in [4.78, 5) is 0. The van der Waals surface area contributed by atoms with Crippen molar-refractivity contribution in [3.05, 3.63) is 35.6 Å². The van der Waals surface area contributed by atoms with Crippen LogP contribution in [0.1, 0.15) is 5.56 Å². The Balaban J connectivity index is 1.74. The molecule has 0 spiro atoms. The number of aliphatic hydroxyl groups is 2. The second-order valence-electron chi connectivity index (χ2n) is 4.07. The third-order valence-electron chi connectivity index (χ3n) is 2.72. The van der Waals surface area contributed by atoms with E-state index in [1.807, 2.05) is 0 Å². The van der Waals surface area contributed by atoms with E-state index in [2.05, 4.69) is 0 Å². The maximum Gasteiger partial charge on any atom is 0.123 e. The number of aliphatic hydroxyl groups excluding tert-OH is 2. The number of rotatable bonds is 4. The highest BCUT2D eigenvalue weighted by Gasteiger charge is 2.34. The van der Waals surface area contributed by atoms with E-state index in [-0.39, 0.29) is 19.0 Å². The summed E-state index contributed by atoms with van der Waals surface area (Å²) in [5, 5.41) is 18.7. The largest absolute Gasteiger partial charge is 0.388 e. The lowest BCUT2D eigenvalue weighted by atomic mass is 10.1. The molecule has 0 aromatic heterocycles. The zero-order valence-electron chi connectivity index (χ0n) is 9.25. The molecule has 1 aromatic carbocycles. The summed E-state index contributed by atoms with van der Waals surface area (Å²) < 4.78 is 23.1. The van der Waals surface area contributed by atoms with Crippen molar-refractivity contribution in [2.75, 3.05) is 13.2 Å². The molecule has 17 heavy (non-hydrogen) atoms. The van der Waals surface area contributed by atoms with E-state index in [0.717, 1.165) is 5.56 Å². The van der Waals surface area contributed by atoms with Gasteiger partial charge in [-0.3, -0.25) is 0 Å². The summed E-state index contributed by atoms with van der Waals surface area (Å²) in [6.07, 6.45) is -2.23. The van der Waals surface area contributed by atoms with Crippen molar-refractivity contribution in [2.24, 2.45) is 0 Å². The first kappa shape index (κ1) is 12.4. The van der Waals surface area contributed by atoms with Gasteiger partial charge in [0.05, 0.1) is 19.8 Å². The molecule has 0 aliphatic carbocycles. The van der Waals surface area contributed by atoms with Gasteiger partial charge in [-0.2, -0.15) is 0 Å². The molecule has 1 aliphatic rings. The van der Waals surface area contributed by atoms with Crippen molar-refractivity contribution in [3.63, 3.8) is 0 Å². The van der Waals surface area contributed by atoms with Gasteiger partial charge in [0.1, 0.15) is 24.1 Å². The first-order chi connectivity index (χ1) is 8.16. The summed E-state index contributed by atoms with van der Waals surface area (Å²) in [7, 11) is 0. The molecule has 1 heterocycles. The molecule has 1 aromatic rings. The SMILES string of the molecule is OC1COC(COCc2ccc(F)cc2)C1O. The second kappa shape index (κ2) is 5.55. The number of ether oxygens (including phenoxy) is 2. The van der Waals surface area contributed by atoms with Gasteiger partial charge in [-0.25, -0.2) is 4.39 Å². The molecule has 0 saturated carbocycles. The molecule has 2 N–H and O–H groups in total. The van der Waals surface area contributed by atoms with E-state index < -0.39 is 18.3 Å². The second-order valence-corrected chi connectivity index (χ2v) is 4.07. The highest BCUT2D eigenvalue weighted by Crippen LogP contribution is 2.15. The lowest BCUT2D eigenvalue weighted by Crippen LogP contribution is -2.32. The number of hydrogen-bond acceptors (Lipinski definition) is 4. The molecule has 0 radical (unpaired) electrons. The lowest BCUT2D eigenvalue weighted by Gasteiger charge is -2.14. The fourth-order valence-electron chi connectivity index (χ4n) is 1.69. The van der Waals surface area contributed by atoms with Crippen LogP contribution in [0.15, 0.2) is 24.3 Å². The van der Waals surface area contributed by atoms with Gasteiger partial charge >= 0.3 is 0 Å². The van der Waals surface area contributed by atoms with Gasteiger partial charge in [-0.15, -0.1) is 0 Å². The van der Waals surface area contributed by atoms with Crippen molar-refractivity contribution >= 4 is 0 Å². The Labute approximate surface area is 98.6 Å². The van der Waals surface area contributed by atoms with Crippen LogP contribution in [0.5, 0.6) is 0 Å². The Hall–Kier alpha value is -1.01. The molecule has 94 valence electrons. The standard InChI is InChI=1S/C12H15FO4/c13-9-3-1-8(2-4-9)5-16-7-11-12(15)10(14)6-17-11/h1-4,10-12,14-15H,5-7H2. The Bertz CT molecular complexity index is 354. The summed E-state index contributed by atoms with van der Waals surface area (Å²) in [5.41, 5.74) is 0.847. The molecule has 1 fully saturated rings. The fourth-order valence-corrected chi connectivity index (χ4v) is 1.69. The maximum atomic E-state index is 12.6. The third-order valence-corrected chi connectivity index (χ3v) is 2.72. The first-order valence-electron chi connectivity index (χ1n) is 5.47. The zero-order valence-corrected chi connectivity index (χ0v) is 9.25. The van der Waals surface area contributed by atoms with Crippen LogP contribution >= 0.6 is 0 Å². The average molecular weight is 242 g/mol. The average Bonchev–Trinajstić information content (AvgIpc) is 2.64. The molecule has 1 aliphatic heterocycles. The fraction of sp³-hybridized carbons (Fsp3) is 0.500. The molecule has 1 saturated heterocycles. The van der Waals surface area contributed by atoms with Gasteiger partial charge in [0.25, 0.3) is 0 Å². The van der Waals surface area contributed by atoms with E-state index in [0.29, 0.717) is 6.61 Å². The summed E-state index contributed by atoms with van der Waals surface area (Å²) in [6, 6.07) is 6.00. The smallest absolute Gasteiger partial charge is 0.123 e. The monoisotopic (exact) mass is 242 g/mol. The molecule has 0 bridgehead atoms. The lowest BCUT2D eigenvalue weighted by molar-refractivity contribution is -0.0344. The highest BCUT2D eigenvalue weighted by molar-refractivity contribution is 5.14. The minimum Gasteiger partial charge on any atom is -0.388 e. The quantitative estimate of drug-likeness (QED) is 0.805. The van der Waals surface area contributed by atoms with Gasteiger partial charge in [0.15, 0.2) is 0 Å². The normalized spacial score (nSPS) is 28.5. The van der Waals surface area contributed by atoms with Gasteiger partial charge in [-0.1, -0.05) is 12.1 Å².